The highest BCUT2D eigenvalue weighted by Crippen LogP contribution is 2.43. The van der Waals surface area contributed by atoms with Gasteiger partial charge >= 0.3 is 6.03 Å². The van der Waals surface area contributed by atoms with Crippen molar-refractivity contribution in [3.05, 3.63) is 29.8 Å². The maximum atomic E-state index is 12.4. The molecule has 1 fully saturated rings. The summed E-state index contributed by atoms with van der Waals surface area (Å²) in [4.78, 5) is 26.4. The number of rotatable bonds is 2. The molecule has 2 aliphatic rings. The summed E-state index contributed by atoms with van der Waals surface area (Å²) in [5, 5.41) is 5.87. The van der Waals surface area contributed by atoms with Gasteiger partial charge in [-0.2, -0.15) is 0 Å². The predicted molar refractivity (Wildman–Crippen MR) is 81.2 cm³/mol. The van der Waals surface area contributed by atoms with Crippen molar-refractivity contribution in [1.29, 1.82) is 0 Å². The van der Waals surface area contributed by atoms with Crippen molar-refractivity contribution >= 4 is 17.6 Å². The number of para-hydroxylation sites is 1. The van der Waals surface area contributed by atoms with Crippen LogP contribution in [-0.4, -0.2) is 36.5 Å². The summed E-state index contributed by atoms with van der Waals surface area (Å²) in [6, 6.07) is 7.70. The topological polar surface area (TPSA) is 61.4 Å². The third-order valence-electron chi connectivity index (χ3n) is 4.34. The molecule has 0 radical (unpaired) electrons. The minimum Gasteiger partial charge on any atom is -0.338 e. The number of nitrogens with one attached hydrogen (secondary N) is 2. The summed E-state index contributed by atoms with van der Waals surface area (Å²) >= 11 is 0. The van der Waals surface area contributed by atoms with Gasteiger partial charge in [0.25, 0.3) is 0 Å². The molecule has 5 nitrogen and oxygen atoms in total. The van der Waals surface area contributed by atoms with E-state index in [1.165, 1.54) is 0 Å². The zero-order valence-electron chi connectivity index (χ0n) is 12.5. The van der Waals surface area contributed by atoms with E-state index in [4.69, 9.17) is 0 Å². The number of anilines is 1. The van der Waals surface area contributed by atoms with Crippen LogP contribution in [0.3, 0.4) is 0 Å². The lowest BCUT2D eigenvalue weighted by atomic mass is 9.81. The first-order valence-corrected chi connectivity index (χ1v) is 7.47. The van der Waals surface area contributed by atoms with Crippen LogP contribution in [0.15, 0.2) is 24.3 Å². The van der Waals surface area contributed by atoms with Gasteiger partial charge in [0.2, 0.25) is 5.91 Å². The minimum atomic E-state index is -0.564. The number of hydrogen-bond donors (Lipinski definition) is 2. The molecule has 1 aromatic rings. The predicted octanol–water partition coefficient (Wildman–Crippen LogP) is 1.95. The van der Waals surface area contributed by atoms with Gasteiger partial charge in [-0.25, -0.2) is 4.79 Å². The monoisotopic (exact) mass is 287 g/mol. The molecule has 5 heteroatoms. The van der Waals surface area contributed by atoms with Crippen LogP contribution in [0.5, 0.6) is 0 Å². The number of amides is 3. The minimum absolute atomic E-state index is 0.0165. The number of nitrogens with zero attached hydrogens (tertiary/aromatic N) is 1. The fourth-order valence-electron chi connectivity index (χ4n) is 3.17. The summed E-state index contributed by atoms with van der Waals surface area (Å²) < 4.78 is 0. The average molecular weight is 287 g/mol. The van der Waals surface area contributed by atoms with Gasteiger partial charge in [0, 0.05) is 25.3 Å². The molecule has 0 aliphatic carbocycles. The standard InChI is InChI=1S/C16H21N3O2/c1-11(2)9-17-15(21)19-8-7-16(10-19)12-5-3-4-6-13(12)18-14(16)20/h3-6,11H,7-10H2,1-2H3,(H,17,21)(H,18,20)/t16-/m0/s1. The summed E-state index contributed by atoms with van der Waals surface area (Å²) in [6.07, 6.45) is 0.685. The van der Waals surface area contributed by atoms with E-state index in [1.54, 1.807) is 4.90 Å². The third-order valence-corrected chi connectivity index (χ3v) is 4.34. The first-order chi connectivity index (χ1) is 10.0. The lowest BCUT2D eigenvalue weighted by molar-refractivity contribution is -0.120. The Bertz CT molecular complexity index is 585. The molecule has 1 spiro atoms. The third kappa shape index (κ3) is 2.26. The Hall–Kier alpha value is -2.04. The highest BCUT2D eigenvalue weighted by Gasteiger charge is 2.51. The first-order valence-electron chi connectivity index (χ1n) is 7.47. The number of urea groups is 1. The Balaban J connectivity index is 1.77. The van der Waals surface area contributed by atoms with Crippen LogP contribution in [0.2, 0.25) is 0 Å². The van der Waals surface area contributed by atoms with E-state index >= 15 is 0 Å². The number of benzene rings is 1. The van der Waals surface area contributed by atoms with Crippen LogP contribution < -0.4 is 10.6 Å². The summed E-state index contributed by atoms with van der Waals surface area (Å²) in [6.45, 7) is 5.86. The lowest BCUT2D eigenvalue weighted by Crippen LogP contribution is -2.43. The summed E-state index contributed by atoms with van der Waals surface area (Å²) in [5.41, 5.74) is 1.34. The molecular weight excluding hydrogens is 266 g/mol. The van der Waals surface area contributed by atoms with E-state index in [2.05, 4.69) is 24.5 Å². The molecule has 2 N–H and O–H groups in total. The Morgan fingerprint density at radius 1 is 1.43 bits per heavy atom. The van der Waals surface area contributed by atoms with Gasteiger partial charge in [-0.3, -0.25) is 4.79 Å². The number of carbonyl (C=O) groups excluding carboxylic acids is 2. The van der Waals surface area contributed by atoms with E-state index in [0.717, 1.165) is 11.3 Å². The van der Waals surface area contributed by atoms with Gasteiger partial charge in [0.1, 0.15) is 0 Å². The van der Waals surface area contributed by atoms with Gasteiger partial charge < -0.3 is 15.5 Å². The Morgan fingerprint density at radius 3 is 2.95 bits per heavy atom. The molecule has 0 bridgehead atoms. The Kier molecular flexibility index (Phi) is 3.35. The fraction of sp³-hybridized carbons (Fsp3) is 0.500. The highest BCUT2D eigenvalue weighted by atomic mass is 16.2. The van der Waals surface area contributed by atoms with E-state index in [0.29, 0.717) is 32.0 Å². The van der Waals surface area contributed by atoms with Crippen LogP contribution in [0.1, 0.15) is 25.8 Å². The van der Waals surface area contributed by atoms with E-state index in [1.807, 2.05) is 24.3 Å². The van der Waals surface area contributed by atoms with Gasteiger partial charge in [-0.15, -0.1) is 0 Å². The van der Waals surface area contributed by atoms with Crippen molar-refractivity contribution in [2.24, 2.45) is 5.92 Å². The lowest BCUT2D eigenvalue weighted by Gasteiger charge is -2.23. The average Bonchev–Trinajstić information content (AvgIpc) is 3.02. The molecule has 0 unspecified atom stereocenters. The molecular formula is C16H21N3O2. The zero-order chi connectivity index (χ0) is 15.0. The normalized spacial score (nSPS) is 23.6. The fourth-order valence-corrected chi connectivity index (χ4v) is 3.17. The summed E-state index contributed by atoms with van der Waals surface area (Å²) in [7, 11) is 0. The van der Waals surface area contributed by atoms with Crippen molar-refractivity contribution in [3.8, 4) is 0 Å². The van der Waals surface area contributed by atoms with Crippen LogP contribution in [0.4, 0.5) is 10.5 Å². The zero-order valence-corrected chi connectivity index (χ0v) is 12.5. The number of hydrogen-bond acceptors (Lipinski definition) is 2. The van der Waals surface area contributed by atoms with Crippen molar-refractivity contribution < 1.29 is 9.59 Å². The van der Waals surface area contributed by atoms with Gasteiger partial charge in [0.15, 0.2) is 0 Å². The van der Waals surface area contributed by atoms with Crippen molar-refractivity contribution in [2.45, 2.75) is 25.7 Å². The Labute approximate surface area is 124 Å². The number of carbonyl (C=O) groups is 2. The molecule has 0 saturated carbocycles. The molecule has 21 heavy (non-hydrogen) atoms. The van der Waals surface area contributed by atoms with Crippen molar-refractivity contribution in [3.63, 3.8) is 0 Å². The maximum Gasteiger partial charge on any atom is 0.317 e. The van der Waals surface area contributed by atoms with Crippen molar-refractivity contribution in [2.75, 3.05) is 25.0 Å². The SMILES string of the molecule is CC(C)CNC(=O)N1CC[C@@]2(C1)C(=O)Nc1ccccc12. The second kappa shape index (κ2) is 5.06. The van der Waals surface area contributed by atoms with E-state index in [-0.39, 0.29) is 11.9 Å². The molecule has 1 aromatic carbocycles. The van der Waals surface area contributed by atoms with Crippen LogP contribution in [0, 0.1) is 5.92 Å². The second-order valence-electron chi connectivity index (χ2n) is 6.33. The smallest absolute Gasteiger partial charge is 0.317 e. The largest absolute Gasteiger partial charge is 0.338 e. The molecule has 1 atom stereocenters. The second-order valence-corrected chi connectivity index (χ2v) is 6.33. The molecule has 3 amide bonds. The number of fused-ring (bicyclic) bond motifs is 2. The van der Waals surface area contributed by atoms with Gasteiger partial charge in [-0.05, 0) is 24.0 Å². The van der Waals surface area contributed by atoms with Crippen LogP contribution in [0.25, 0.3) is 0 Å². The van der Waals surface area contributed by atoms with Crippen molar-refractivity contribution in [1.82, 2.24) is 10.2 Å². The molecule has 3 rings (SSSR count). The maximum absolute atomic E-state index is 12.4. The molecule has 1 saturated heterocycles. The molecule has 112 valence electrons. The van der Waals surface area contributed by atoms with E-state index < -0.39 is 5.41 Å². The van der Waals surface area contributed by atoms with Crippen LogP contribution in [-0.2, 0) is 10.2 Å². The Morgan fingerprint density at radius 2 is 2.19 bits per heavy atom. The molecule has 2 heterocycles. The number of likely N-dealkylation sites (tertiary alicyclic amines) is 1. The highest BCUT2D eigenvalue weighted by molar-refractivity contribution is 6.07. The molecule has 2 aliphatic heterocycles. The first kappa shape index (κ1) is 13.9. The quantitative estimate of drug-likeness (QED) is 0.873. The van der Waals surface area contributed by atoms with Gasteiger partial charge in [-0.1, -0.05) is 32.0 Å². The van der Waals surface area contributed by atoms with Crippen LogP contribution >= 0.6 is 0 Å². The van der Waals surface area contributed by atoms with E-state index in [9.17, 15) is 9.59 Å². The summed E-state index contributed by atoms with van der Waals surface area (Å²) in [5.74, 6) is 0.434. The molecule has 0 aromatic heterocycles. The van der Waals surface area contributed by atoms with Gasteiger partial charge in [0.05, 0.1) is 5.41 Å².